The van der Waals surface area contributed by atoms with Gasteiger partial charge in [-0.3, -0.25) is 14.8 Å². The van der Waals surface area contributed by atoms with Gasteiger partial charge >= 0.3 is 5.69 Å². The van der Waals surface area contributed by atoms with E-state index < -0.39 is 11.8 Å². The Morgan fingerprint density at radius 1 is 1.27 bits per heavy atom. The zero-order valence-corrected chi connectivity index (χ0v) is 13.9. The summed E-state index contributed by atoms with van der Waals surface area (Å²) in [5.41, 5.74) is 0.872. The van der Waals surface area contributed by atoms with Crippen LogP contribution in [0, 0.1) is 5.92 Å². The average molecular weight is 351 g/mol. The highest BCUT2D eigenvalue weighted by Crippen LogP contribution is 2.23. The maximum absolute atomic E-state index is 12.9. The first-order chi connectivity index (χ1) is 12.6. The van der Waals surface area contributed by atoms with Gasteiger partial charge in [-0.2, -0.15) is 4.98 Å². The monoisotopic (exact) mass is 351 g/mol. The van der Waals surface area contributed by atoms with Crippen molar-refractivity contribution in [3.63, 3.8) is 0 Å². The summed E-state index contributed by atoms with van der Waals surface area (Å²) >= 11 is 0. The smallest absolute Gasteiger partial charge is 0.346 e. The molecule has 1 aromatic carbocycles. The molecule has 3 heterocycles. The molecule has 0 radical (unpaired) electrons. The summed E-state index contributed by atoms with van der Waals surface area (Å²) in [5, 5.41) is 10.9. The summed E-state index contributed by atoms with van der Waals surface area (Å²) in [6.07, 6.45) is 4.72. The topological polar surface area (TPSA) is 112 Å². The number of fused-ring (bicyclic) bond motifs is 1. The molecule has 132 valence electrons. The Labute approximate surface area is 148 Å². The maximum atomic E-state index is 12.9. The molecule has 2 N–H and O–H groups in total. The van der Waals surface area contributed by atoms with Crippen molar-refractivity contribution < 1.29 is 9.90 Å². The highest BCUT2D eigenvalue weighted by Gasteiger charge is 2.35. The fourth-order valence-electron chi connectivity index (χ4n) is 3.34. The van der Waals surface area contributed by atoms with E-state index in [0.717, 1.165) is 5.69 Å². The third-order valence-electron chi connectivity index (χ3n) is 4.62. The Morgan fingerprint density at radius 3 is 2.92 bits per heavy atom. The number of hydrogen-bond donors (Lipinski definition) is 2. The van der Waals surface area contributed by atoms with Crippen molar-refractivity contribution in [3.8, 4) is 0 Å². The van der Waals surface area contributed by atoms with Crippen LogP contribution in [0.15, 0.2) is 47.7 Å². The average Bonchev–Trinajstić information content (AvgIpc) is 3.02. The van der Waals surface area contributed by atoms with E-state index in [1.54, 1.807) is 47.8 Å². The molecule has 0 saturated carbocycles. The highest BCUT2D eigenvalue weighted by atomic mass is 16.3. The predicted octanol–water partition coefficient (Wildman–Crippen LogP) is 0.389. The minimum absolute atomic E-state index is 0.108. The van der Waals surface area contributed by atoms with Gasteiger partial charge in [0.05, 0.1) is 17.3 Å². The third-order valence-corrected chi connectivity index (χ3v) is 4.62. The molecule has 0 spiro atoms. The zero-order valence-electron chi connectivity index (χ0n) is 13.9. The first-order valence-corrected chi connectivity index (χ1v) is 8.33. The van der Waals surface area contributed by atoms with Crippen molar-refractivity contribution in [3.05, 3.63) is 64.7 Å². The quantitative estimate of drug-likeness (QED) is 0.706. The second-order valence-corrected chi connectivity index (χ2v) is 6.37. The largest absolute Gasteiger partial charge is 0.391 e. The van der Waals surface area contributed by atoms with Crippen molar-refractivity contribution in [2.75, 3.05) is 13.1 Å². The first kappa shape index (κ1) is 16.3. The number of aliphatic hydroxyl groups is 1. The van der Waals surface area contributed by atoms with E-state index in [0.29, 0.717) is 23.9 Å². The van der Waals surface area contributed by atoms with Crippen LogP contribution in [0.1, 0.15) is 16.2 Å². The SMILES string of the molecule is O=C(c1nc(=O)[nH]c2ccccc12)N1C[C@@H](Cc2cnccn2)[C@H](O)C1. The molecule has 2 aromatic heterocycles. The lowest BCUT2D eigenvalue weighted by atomic mass is 10.0. The maximum Gasteiger partial charge on any atom is 0.346 e. The number of likely N-dealkylation sites (tertiary alicyclic amines) is 1. The molecule has 3 aromatic rings. The number of benzene rings is 1. The summed E-state index contributed by atoms with van der Waals surface area (Å²) < 4.78 is 0. The standard InChI is InChI=1S/C18H17N5O3/c24-15-10-23(9-11(15)7-12-8-19-5-6-20-12)17(25)16-13-3-1-2-4-14(13)21-18(26)22-16/h1-6,8,11,15,24H,7,9-10H2,(H,21,22,26)/t11-,15-/m1/s1. The van der Waals surface area contributed by atoms with Gasteiger partial charge in [-0.1, -0.05) is 18.2 Å². The molecule has 8 nitrogen and oxygen atoms in total. The molecule has 4 rings (SSSR count). The van der Waals surface area contributed by atoms with E-state index in [2.05, 4.69) is 19.9 Å². The van der Waals surface area contributed by atoms with Crippen LogP contribution in [-0.4, -0.2) is 55.0 Å². The second kappa shape index (κ2) is 6.64. The van der Waals surface area contributed by atoms with E-state index in [-0.39, 0.29) is 24.1 Å². The number of amides is 1. The van der Waals surface area contributed by atoms with Gasteiger partial charge in [-0.15, -0.1) is 0 Å². The van der Waals surface area contributed by atoms with E-state index >= 15 is 0 Å². The Kier molecular flexibility index (Phi) is 4.18. The predicted molar refractivity (Wildman–Crippen MR) is 93.5 cm³/mol. The van der Waals surface area contributed by atoms with Crippen LogP contribution in [0.2, 0.25) is 0 Å². The van der Waals surface area contributed by atoms with Gasteiger partial charge in [0.2, 0.25) is 0 Å². The fourth-order valence-corrected chi connectivity index (χ4v) is 3.34. The van der Waals surface area contributed by atoms with Crippen LogP contribution < -0.4 is 5.69 Å². The summed E-state index contributed by atoms with van der Waals surface area (Å²) in [7, 11) is 0. The molecule has 1 fully saturated rings. The molecular formula is C18H17N5O3. The molecule has 0 unspecified atom stereocenters. The number of rotatable bonds is 3. The lowest BCUT2D eigenvalue weighted by Crippen LogP contribution is -2.32. The van der Waals surface area contributed by atoms with Gasteiger partial charge in [0.15, 0.2) is 0 Å². The lowest BCUT2D eigenvalue weighted by Gasteiger charge is -2.16. The molecule has 1 amide bonds. The molecule has 1 saturated heterocycles. The zero-order chi connectivity index (χ0) is 18.1. The van der Waals surface area contributed by atoms with Gasteiger partial charge in [0.25, 0.3) is 5.91 Å². The lowest BCUT2D eigenvalue weighted by molar-refractivity contribution is 0.0760. The number of H-pyrrole nitrogens is 1. The van der Waals surface area contributed by atoms with Crippen LogP contribution in [0.4, 0.5) is 0 Å². The summed E-state index contributed by atoms with van der Waals surface area (Å²) in [4.78, 5) is 41.0. The number of carbonyl (C=O) groups excluding carboxylic acids is 1. The third kappa shape index (κ3) is 3.06. The Morgan fingerprint density at radius 2 is 2.12 bits per heavy atom. The highest BCUT2D eigenvalue weighted by molar-refractivity contribution is 6.04. The molecule has 0 bridgehead atoms. The molecule has 0 aliphatic carbocycles. The van der Waals surface area contributed by atoms with Crippen molar-refractivity contribution in [1.82, 2.24) is 24.8 Å². The van der Waals surface area contributed by atoms with Crippen LogP contribution in [0.25, 0.3) is 10.9 Å². The van der Waals surface area contributed by atoms with Gasteiger partial charge in [0.1, 0.15) is 5.69 Å². The Hall–Kier alpha value is -3.13. The molecule has 1 aliphatic rings. The van der Waals surface area contributed by atoms with Crippen molar-refractivity contribution in [2.45, 2.75) is 12.5 Å². The first-order valence-electron chi connectivity index (χ1n) is 8.33. The molecule has 26 heavy (non-hydrogen) atoms. The van der Waals surface area contributed by atoms with E-state index in [1.807, 2.05) is 0 Å². The van der Waals surface area contributed by atoms with Crippen molar-refractivity contribution in [2.24, 2.45) is 5.92 Å². The second-order valence-electron chi connectivity index (χ2n) is 6.37. The van der Waals surface area contributed by atoms with Crippen LogP contribution >= 0.6 is 0 Å². The number of nitrogens with zero attached hydrogens (tertiary/aromatic N) is 4. The van der Waals surface area contributed by atoms with E-state index in [4.69, 9.17) is 0 Å². The van der Waals surface area contributed by atoms with Crippen LogP contribution in [0.3, 0.4) is 0 Å². The number of para-hydroxylation sites is 1. The van der Waals surface area contributed by atoms with E-state index in [1.165, 1.54) is 0 Å². The van der Waals surface area contributed by atoms with Crippen LogP contribution in [0.5, 0.6) is 0 Å². The van der Waals surface area contributed by atoms with Gasteiger partial charge in [-0.05, 0) is 12.5 Å². The number of β-amino-alcohol motifs (C(OH)–C–C–N with tert-alkyl or cyclic N) is 1. The Balaban J connectivity index is 1.59. The number of carbonyl (C=O) groups is 1. The minimum Gasteiger partial charge on any atom is -0.391 e. The number of aromatic amines is 1. The summed E-state index contributed by atoms with van der Waals surface area (Å²) in [6, 6.07) is 7.04. The van der Waals surface area contributed by atoms with Crippen LogP contribution in [-0.2, 0) is 6.42 Å². The normalized spacial score (nSPS) is 19.8. The molecule has 1 aliphatic heterocycles. The van der Waals surface area contributed by atoms with Gasteiger partial charge in [0, 0.05) is 43.0 Å². The van der Waals surface area contributed by atoms with Gasteiger partial charge in [-0.25, -0.2) is 4.79 Å². The summed E-state index contributed by atoms with van der Waals surface area (Å²) in [5.74, 6) is -0.489. The van der Waals surface area contributed by atoms with Crippen molar-refractivity contribution >= 4 is 16.8 Å². The number of aromatic nitrogens is 4. The van der Waals surface area contributed by atoms with E-state index in [9.17, 15) is 14.7 Å². The Bertz CT molecular complexity index is 1000. The van der Waals surface area contributed by atoms with Crippen molar-refractivity contribution in [1.29, 1.82) is 0 Å². The molecular weight excluding hydrogens is 334 g/mol. The number of aliphatic hydroxyl groups excluding tert-OH is 1. The van der Waals surface area contributed by atoms with Gasteiger partial charge < -0.3 is 15.0 Å². The summed E-state index contributed by atoms with van der Waals surface area (Å²) in [6.45, 7) is 0.575. The number of nitrogens with one attached hydrogen (secondary N) is 1. The number of hydrogen-bond acceptors (Lipinski definition) is 6. The molecule has 8 heteroatoms. The minimum atomic E-state index is -0.658. The fraction of sp³-hybridized carbons (Fsp3) is 0.278. The molecule has 2 atom stereocenters.